The lowest BCUT2D eigenvalue weighted by molar-refractivity contribution is -0.147. The van der Waals surface area contributed by atoms with Gasteiger partial charge in [-0.15, -0.1) is 0 Å². The van der Waals surface area contributed by atoms with Crippen LogP contribution in [0.4, 0.5) is 8.78 Å². The fraction of sp³-hybridized carbons (Fsp3) is 0.528. The highest BCUT2D eigenvalue weighted by Gasteiger charge is 2.34. The predicted octanol–water partition coefficient (Wildman–Crippen LogP) is 10.3. The first kappa shape index (κ1) is 34.1. The highest BCUT2D eigenvalue weighted by Crippen LogP contribution is 2.27. The number of halogens is 2. The fourth-order valence-electron chi connectivity index (χ4n) is 4.84. The number of benzene rings is 2. The van der Waals surface area contributed by atoms with Crippen molar-refractivity contribution in [2.75, 3.05) is 6.61 Å². The molecule has 0 saturated heterocycles. The van der Waals surface area contributed by atoms with Crippen LogP contribution in [0.2, 0.25) is 0 Å². The Balaban J connectivity index is 1.43. The summed E-state index contributed by atoms with van der Waals surface area (Å²) >= 11 is 0. The van der Waals surface area contributed by atoms with Crippen molar-refractivity contribution >= 4 is 5.97 Å². The van der Waals surface area contributed by atoms with E-state index >= 15 is 0 Å². The molecule has 0 radical (unpaired) electrons. The second-order valence-corrected chi connectivity index (χ2v) is 11.6. The predicted molar refractivity (Wildman–Crippen MR) is 170 cm³/mol. The second kappa shape index (κ2) is 18.3. The van der Waals surface area contributed by atoms with Crippen LogP contribution in [-0.4, -0.2) is 34.4 Å². The number of rotatable bonds is 20. The number of hydrogen-bond donors (Lipinski definition) is 0. The maximum Gasteiger partial charge on any atom is 0.348 e. The largest absolute Gasteiger partial charge is 0.494 e. The van der Waals surface area contributed by atoms with Gasteiger partial charge in [-0.05, 0) is 81.5 Å². The second-order valence-electron chi connectivity index (χ2n) is 11.6. The van der Waals surface area contributed by atoms with Crippen molar-refractivity contribution in [3.8, 4) is 34.0 Å². The standard InChI is InChI=1S/C36H48F2N2O3/c1-4-5-6-7-8-10-13-24-36(3,38)35(41)43-33-22-16-29(17-23-33)31-26-39-34(40-27-31)30-18-20-32(21-19-30)42-25-14-11-9-12-15-28(2)37/h16-23,26-28H,4-15,24-25H2,1-3H3/t28-,36-/m0/s1. The van der Waals surface area contributed by atoms with Crippen molar-refractivity contribution < 1.29 is 23.0 Å². The molecule has 7 heteroatoms. The number of carbonyl (C=O) groups is 1. The molecule has 0 aliphatic rings. The third kappa shape index (κ3) is 12.4. The summed E-state index contributed by atoms with van der Waals surface area (Å²) < 4.78 is 39.0. The maximum atomic E-state index is 15.0. The molecule has 5 nitrogen and oxygen atoms in total. The van der Waals surface area contributed by atoms with Crippen LogP contribution in [0.5, 0.6) is 11.5 Å². The van der Waals surface area contributed by atoms with Crippen molar-refractivity contribution in [2.45, 2.75) is 116 Å². The molecule has 0 fully saturated rings. The van der Waals surface area contributed by atoms with Gasteiger partial charge in [-0.3, -0.25) is 0 Å². The summed E-state index contributed by atoms with van der Waals surface area (Å²) in [5.41, 5.74) is 0.552. The van der Waals surface area contributed by atoms with Gasteiger partial charge in [0.05, 0.1) is 12.8 Å². The molecule has 0 aliphatic carbocycles. The monoisotopic (exact) mass is 594 g/mol. The third-order valence-corrected chi connectivity index (χ3v) is 7.60. The van der Waals surface area contributed by atoms with Crippen LogP contribution in [0.15, 0.2) is 60.9 Å². The van der Waals surface area contributed by atoms with Gasteiger partial charge in [-0.2, -0.15) is 0 Å². The van der Waals surface area contributed by atoms with Gasteiger partial charge in [-0.25, -0.2) is 23.5 Å². The van der Waals surface area contributed by atoms with Crippen LogP contribution in [0, 0.1) is 0 Å². The number of aromatic nitrogens is 2. The number of carbonyl (C=O) groups excluding carboxylic acids is 1. The third-order valence-electron chi connectivity index (χ3n) is 7.60. The van der Waals surface area contributed by atoms with E-state index in [-0.39, 0.29) is 6.42 Å². The summed E-state index contributed by atoms with van der Waals surface area (Å²) in [7, 11) is 0. The topological polar surface area (TPSA) is 61.3 Å². The zero-order valence-electron chi connectivity index (χ0n) is 26.1. The molecule has 0 aliphatic heterocycles. The zero-order chi connectivity index (χ0) is 30.9. The molecule has 234 valence electrons. The minimum atomic E-state index is -2.01. The van der Waals surface area contributed by atoms with Gasteiger partial charge >= 0.3 is 5.97 Å². The molecule has 2 atom stereocenters. The minimum absolute atomic E-state index is 0.167. The van der Waals surface area contributed by atoms with Crippen LogP contribution < -0.4 is 9.47 Å². The van der Waals surface area contributed by atoms with Crippen molar-refractivity contribution in [3.63, 3.8) is 0 Å². The van der Waals surface area contributed by atoms with Gasteiger partial charge in [0, 0.05) is 23.5 Å². The van der Waals surface area contributed by atoms with Gasteiger partial charge in [-0.1, -0.05) is 76.8 Å². The van der Waals surface area contributed by atoms with Gasteiger partial charge in [0.25, 0.3) is 0 Å². The Kier molecular flexibility index (Phi) is 14.6. The number of hydrogen-bond acceptors (Lipinski definition) is 5. The lowest BCUT2D eigenvalue weighted by atomic mass is 9.99. The molecule has 1 aromatic heterocycles. The van der Waals surface area contributed by atoms with E-state index in [0.29, 0.717) is 31.0 Å². The van der Waals surface area contributed by atoms with Gasteiger partial charge in [0.2, 0.25) is 5.67 Å². The normalized spacial score (nSPS) is 13.3. The molecule has 0 amide bonds. The summed E-state index contributed by atoms with van der Waals surface area (Å²) in [6, 6.07) is 14.6. The average molecular weight is 595 g/mol. The lowest BCUT2D eigenvalue weighted by Crippen LogP contribution is -2.34. The van der Waals surface area contributed by atoms with E-state index in [2.05, 4.69) is 16.9 Å². The van der Waals surface area contributed by atoms with Crippen molar-refractivity contribution in [2.24, 2.45) is 0 Å². The Morgan fingerprint density at radius 1 is 0.767 bits per heavy atom. The first-order valence-corrected chi connectivity index (χ1v) is 16.0. The van der Waals surface area contributed by atoms with Gasteiger partial charge < -0.3 is 9.47 Å². The zero-order valence-corrected chi connectivity index (χ0v) is 26.1. The van der Waals surface area contributed by atoms with Crippen LogP contribution in [0.1, 0.15) is 104 Å². The summed E-state index contributed by atoms with van der Waals surface area (Å²) in [5.74, 6) is 0.856. The van der Waals surface area contributed by atoms with E-state index < -0.39 is 17.8 Å². The number of esters is 1. The quantitative estimate of drug-likeness (QED) is 0.0740. The highest BCUT2D eigenvalue weighted by molar-refractivity contribution is 5.81. The molecule has 3 aromatic rings. The molecule has 0 spiro atoms. The molecule has 1 heterocycles. The van der Waals surface area contributed by atoms with E-state index in [1.165, 1.54) is 26.2 Å². The highest BCUT2D eigenvalue weighted by atomic mass is 19.1. The van der Waals surface area contributed by atoms with Crippen molar-refractivity contribution in [1.82, 2.24) is 9.97 Å². The fourth-order valence-corrected chi connectivity index (χ4v) is 4.84. The number of nitrogens with zero attached hydrogens (tertiary/aromatic N) is 2. The number of ether oxygens (including phenoxy) is 2. The molecule has 43 heavy (non-hydrogen) atoms. The molecular formula is C36H48F2N2O3. The average Bonchev–Trinajstić information content (AvgIpc) is 3.01. The maximum absolute atomic E-state index is 15.0. The molecule has 0 bridgehead atoms. The SMILES string of the molecule is CCCCCCCCC[C@](C)(F)C(=O)Oc1ccc(-c2cnc(-c3ccc(OCCCCCC[C@H](C)F)cc3)nc2)cc1. The Hall–Kier alpha value is -3.35. The van der Waals surface area contributed by atoms with Crippen LogP contribution in [-0.2, 0) is 4.79 Å². The molecule has 0 saturated carbocycles. The van der Waals surface area contributed by atoms with E-state index in [4.69, 9.17) is 9.47 Å². The molecule has 0 N–H and O–H groups in total. The smallest absolute Gasteiger partial charge is 0.348 e. The van der Waals surface area contributed by atoms with E-state index in [1.807, 2.05) is 24.3 Å². The number of unbranched alkanes of at least 4 members (excludes halogenated alkanes) is 9. The summed E-state index contributed by atoms with van der Waals surface area (Å²) in [4.78, 5) is 21.5. The van der Waals surface area contributed by atoms with Gasteiger partial charge in [0.1, 0.15) is 11.5 Å². The van der Waals surface area contributed by atoms with Crippen molar-refractivity contribution in [3.05, 3.63) is 60.9 Å². The summed E-state index contributed by atoms with van der Waals surface area (Å²) in [6.45, 7) is 5.74. The molecule has 3 rings (SSSR count). The Bertz CT molecular complexity index is 1200. The Labute approximate surface area is 256 Å². The van der Waals surface area contributed by atoms with E-state index in [0.717, 1.165) is 67.4 Å². The number of alkyl halides is 2. The summed E-state index contributed by atoms with van der Waals surface area (Å²) in [5, 5.41) is 0. The van der Waals surface area contributed by atoms with Gasteiger partial charge in [0.15, 0.2) is 5.82 Å². The Morgan fingerprint density at radius 2 is 1.33 bits per heavy atom. The van der Waals surface area contributed by atoms with Crippen LogP contribution in [0.25, 0.3) is 22.5 Å². The van der Waals surface area contributed by atoms with Crippen molar-refractivity contribution in [1.29, 1.82) is 0 Å². The summed E-state index contributed by atoms with van der Waals surface area (Å²) in [6.07, 6.45) is 15.0. The Morgan fingerprint density at radius 3 is 1.98 bits per heavy atom. The minimum Gasteiger partial charge on any atom is -0.494 e. The first-order chi connectivity index (χ1) is 20.8. The molecular weight excluding hydrogens is 546 g/mol. The molecule has 2 aromatic carbocycles. The van der Waals surface area contributed by atoms with Crippen LogP contribution >= 0.6 is 0 Å². The first-order valence-electron chi connectivity index (χ1n) is 16.0. The van der Waals surface area contributed by atoms with E-state index in [9.17, 15) is 13.6 Å². The lowest BCUT2D eigenvalue weighted by Gasteiger charge is -2.18. The van der Waals surface area contributed by atoms with Crippen LogP contribution in [0.3, 0.4) is 0 Å². The molecule has 0 unspecified atom stereocenters. The van der Waals surface area contributed by atoms with E-state index in [1.54, 1.807) is 43.6 Å².